The van der Waals surface area contributed by atoms with E-state index in [1.165, 1.54) is 18.9 Å². The van der Waals surface area contributed by atoms with Crippen molar-refractivity contribution < 1.29 is 17.9 Å². The Balaban J connectivity index is 1.66. The molecule has 4 rings (SSSR count). The number of amides is 1. The van der Waals surface area contributed by atoms with Gasteiger partial charge in [0, 0.05) is 10.9 Å². The number of benzene rings is 2. The van der Waals surface area contributed by atoms with E-state index in [-0.39, 0.29) is 35.1 Å². The third-order valence-electron chi connectivity index (χ3n) is 5.14. The molecule has 2 atom stereocenters. The molecule has 0 unspecified atom stereocenters. The van der Waals surface area contributed by atoms with Crippen LogP contribution >= 0.6 is 23.4 Å². The maximum absolute atomic E-state index is 12.7. The summed E-state index contributed by atoms with van der Waals surface area (Å²) in [7, 11) is -1.60. The van der Waals surface area contributed by atoms with Crippen molar-refractivity contribution in [3.8, 4) is 5.75 Å². The summed E-state index contributed by atoms with van der Waals surface area (Å²) in [6, 6.07) is 12.7. The Labute approximate surface area is 185 Å². The number of rotatable bonds is 4. The summed E-state index contributed by atoms with van der Waals surface area (Å²) in [5, 5.41) is 0.759. The molecule has 158 valence electrons. The van der Waals surface area contributed by atoms with Crippen molar-refractivity contribution in [1.29, 1.82) is 0 Å². The van der Waals surface area contributed by atoms with Gasteiger partial charge in [-0.15, -0.1) is 0 Å². The van der Waals surface area contributed by atoms with Gasteiger partial charge in [0.2, 0.25) is 0 Å². The van der Waals surface area contributed by atoms with Crippen molar-refractivity contribution in [1.82, 2.24) is 0 Å². The molecule has 6 nitrogen and oxygen atoms in total. The highest BCUT2D eigenvalue weighted by Gasteiger charge is 2.49. The first-order valence-electron chi connectivity index (χ1n) is 9.42. The number of carbonyl (C=O) groups is 1. The molecule has 2 aromatic rings. The molecule has 0 saturated carbocycles. The highest BCUT2D eigenvalue weighted by Crippen LogP contribution is 2.42. The summed E-state index contributed by atoms with van der Waals surface area (Å²) in [6.07, 6.45) is 0.191. The van der Waals surface area contributed by atoms with Gasteiger partial charge < -0.3 is 9.64 Å². The van der Waals surface area contributed by atoms with Crippen LogP contribution in [0.1, 0.15) is 11.1 Å². The lowest BCUT2D eigenvalue weighted by Crippen LogP contribution is -2.37. The third kappa shape index (κ3) is 4.36. The van der Waals surface area contributed by atoms with Crippen molar-refractivity contribution >= 4 is 50.0 Å². The number of methoxy groups -OCH3 is 1. The van der Waals surface area contributed by atoms with Crippen LogP contribution < -0.4 is 9.64 Å². The highest BCUT2D eigenvalue weighted by molar-refractivity contribution is 8.16. The van der Waals surface area contributed by atoms with Crippen molar-refractivity contribution in [3.63, 3.8) is 0 Å². The Bertz CT molecular complexity index is 1130. The van der Waals surface area contributed by atoms with E-state index in [4.69, 9.17) is 16.3 Å². The zero-order valence-corrected chi connectivity index (χ0v) is 18.9. The first-order chi connectivity index (χ1) is 14.3. The number of nitrogens with zero attached hydrogens (tertiary/aromatic N) is 2. The van der Waals surface area contributed by atoms with E-state index in [1.807, 2.05) is 36.1 Å². The zero-order chi connectivity index (χ0) is 21.5. The molecular weight excluding hydrogens is 444 g/mol. The number of fused-ring (bicyclic) bond motifs is 1. The third-order valence-corrected chi connectivity index (χ3v) is 8.64. The second-order valence-corrected chi connectivity index (χ2v) is 11.2. The first kappa shape index (κ1) is 21.2. The van der Waals surface area contributed by atoms with E-state index >= 15 is 0 Å². The Morgan fingerprint density at radius 1 is 1.27 bits per heavy atom. The van der Waals surface area contributed by atoms with E-state index in [0.29, 0.717) is 21.6 Å². The second kappa shape index (κ2) is 8.24. The Morgan fingerprint density at radius 3 is 2.77 bits per heavy atom. The molecule has 0 bridgehead atoms. The van der Waals surface area contributed by atoms with Gasteiger partial charge in [0.1, 0.15) is 5.75 Å². The van der Waals surface area contributed by atoms with Gasteiger partial charge in [0.05, 0.1) is 36.1 Å². The van der Waals surface area contributed by atoms with Crippen LogP contribution in [0, 0.1) is 6.92 Å². The predicted molar refractivity (Wildman–Crippen MR) is 122 cm³/mol. The highest BCUT2D eigenvalue weighted by atomic mass is 35.5. The minimum Gasteiger partial charge on any atom is -0.495 e. The summed E-state index contributed by atoms with van der Waals surface area (Å²) < 4.78 is 29.6. The summed E-state index contributed by atoms with van der Waals surface area (Å²) >= 11 is 7.64. The minimum absolute atomic E-state index is 0.0272. The number of amidine groups is 1. The van der Waals surface area contributed by atoms with E-state index in [2.05, 4.69) is 4.99 Å². The molecule has 2 fully saturated rings. The van der Waals surface area contributed by atoms with Gasteiger partial charge in [-0.1, -0.05) is 53.2 Å². The van der Waals surface area contributed by atoms with Gasteiger partial charge >= 0.3 is 0 Å². The van der Waals surface area contributed by atoms with E-state index < -0.39 is 9.84 Å². The number of anilines is 1. The molecule has 0 radical (unpaired) electrons. The molecule has 0 spiro atoms. The maximum Gasteiger partial charge on any atom is 0.252 e. The lowest BCUT2D eigenvalue weighted by molar-refractivity contribution is -0.117. The molecule has 2 aromatic carbocycles. The average molecular weight is 465 g/mol. The standard InChI is InChI=1S/C21H21ClN2O4S2/c1-13-4-3-5-14(8-13)9-20(25)23-21-24(15-6-7-18(28-2)16(22)10-15)17-11-30(26,27)12-19(17)29-21/h3-8,10,17,19H,9,11-12H2,1-2H3/t17-,19+/m1/s1. The molecule has 30 heavy (non-hydrogen) atoms. The smallest absolute Gasteiger partial charge is 0.252 e. The van der Waals surface area contributed by atoms with Gasteiger partial charge in [0.25, 0.3) is 5.91 Å². The number of aryl methyl sites for hydroxylation is 1. The fourth-order valence-electron chi connectivity index (χ4n) is 3.81. The number of sulfone groups is 1. The quantitative estimate of drug-likeness (QED) is 0.689. The number of ether oxygens (including phenoxy) is 1. The Morgan fingerprint density at radius 2 is 2.07 bits per heavy atom. The lowest BCUT2D eigenvalue weighted by atomic mass is 10.1. The molecule has 9 heteroatoms. The minimum atomic E-state index is -3.13. The number of aliphatic imine (C=N–C) groups is 1. The van der Waals surface area contributed by atoms with Gasteiger partial charge in [-0.05, 0) is 30.7 Å². The maximum atomic E-state index is 12.7. The monoisotopic (exact) mass is 464 g/mol. The van der Waals surface area contributed by atoms with Crippen molar-refractivity contribution in [2.75, 3.05) is 23.5 Å². The van der Waals surface area contributed by atoms with E-state index in [1.54, 1.807) is 18.2 Å². The van der Waals surface area contributed by atoms with Gasteiger partial charge in [-0.3, -0.25) is 4.79 Å². The first-order valence-corrected chi connectivity index (χ1v) is 12.5. The second-order valence-electron chi connectivity index (χ2n) is 7.44. The van der Waals surface area contributed by atoms with Crippen molar-refractivity contribution in [2.45, 2.75) is 24.6 Å². The number of hydrogen-bond acceptors (Lipinski definition) is 5. The van der Waals surface area contributed by atoms with Crippen LogP contribution in [0.25, 0.3) is 0 Å². The van der Waals surface area contributed by atoms with Gasteiger partial charge in [-0.2, -0.15) is 4.99 Å². The SMILES string of the molecule is COc1ccc(N2C(=NC(=O)Cc3cccc(C)c3)S[C@H]3CS(=O)(=O)C[C@H]32)cc1Cl. The molecule has 2 heterocycles. The lowest BCUT2D eigenvalue weighted by Gasteiger charge is -2.25. The fourth-order valence-corrected chi connectivity index (χ4v) is 8.00. The molecule has 2 aliphatic heterocycles. The van der Waals surface area contributed by atoms with Gasteiger partial charge in [0.15, 0.2) is 15.0 Å². The van der Waals surface area contributed by atoms with Gasteiger partial charge in [-0.25, -0.2) is 8.42 Å². The Kier molecular flexibility index (Phi) is 5.83. The number of halogens is 1. The van der Waals surface area contributed by atoms with Crippen LogP contribution in [0.3, 0.4) is 0 Å². The van der Waals surface area contributed by atoms with Crippen LogP contribution in [0.4, 0.5) is 5.69 Å². The molecule has 2 saturated heterocycles. The van der Waals surface area contributed by atoms with Crippen molar-refractivity contribution in [2.24, 2.45) is 4.99 Å². The predicted octanol–water partition coefficient (Wildman–Crippen LogP) is 3.50. The molecule has 0 aliphatic carbocycles. The zero-order valence-electron chi connectivity index (χ0n) is 16.5. The molecule has 0 aromatic heterocycles. The van der Waals surface area contributed by atoms with Crippen LogP contribution in [-0.2, 0) is 21.1 Å². The van der Waals surface area contributed by atoms with Crippen LogP contribution in [0.5, 0.6) is 5.75 Å². The molecule has 0 N–H and O–H groups in total. The number of hydrogen-bond donors (Lipinski definition) is 0. The summed E-state index contributed by atoms with van der Waals surface area (Å²) in [4.78, 5) is 18.9. The average Bonchev–Trinajstić information content (AvgIpc) is 3.12. The number of thioether (sulfide) groups is 1. The van der Waals surface area contributed by atoms with Crippen LogP contribution in [0.2, 0.25) is 5.02 Å². The van der Waals surface area contributed by atoms with Crippen LogP contribution in [0.15, 0.2) is 47.5 Å². The molecular formula is C21H21ClN2O4S2. The largest absolute Gasteiger partial charge is 0.495 e. The van der Waals surface area contributed by atoms with E-state index in [9.17, 15) is 13.2 Å². The Hall–Kier alpha value is -2.03. The number of carbonyl (C=O) groups excluding carboxylic acids is 1. The fraction of sp³-hybridized carbons (Fsp3) is 0.333. The topological polar surface area (TPSA) is 76.0 Å². The summed E-state index contributed by atoms with van der Waals surface area (Å²) in [6.45, 7) is 1.98. The van der Waals surface area contributed by atoms with E-state index in [0.717, 1.165) is 11.1 Å². The summed E-state index contributed by atoms with van der Waals surface area (Å²) in [5.74, 6) is 0.361. The van der Waals surface area contributed by atoms with Crippen molar-refractivity contribution in [3.05, 3.63) is 58.6 Å². The molecule has 1 amide bonds. The molecule has 2 aliphatic rings. The summed E-state index contributed by atoms with van der Waals surface area (Å²) in [5.41, 5.74) is 2.67. The van der Waals surface area contributed by atoms with Crippen LogP contribution in [-0.4, -0.2) is 49.4 Å². The normalized spacial score (nSPS) is 23.6.